The van der Waals surface area contributed by atoms with Gasteiger partial charge in [0.15, 0.2) is 17.5 Å². The van der Waals surface area contributed by atoms with E-state index in [4.69, 9.17) is 40.0 Å². The van der Waals surface area contributed by atoms with Crippen LogP contribution in [0.5, 0.6) is 0 Å². The fourth-order valence-corrected chi connectivity index (χ4v) is 10.5. The minimum Gasteiger partial charge on any atom is -0.455 e. The number of carbonyl (C=O) groups is 7. The van der Waals surface area contributed by atoms with E-state index in [1.807, 2.05) is 0 Å². The number of amides is 1. The number of fused-ring (bicyclic) bond motifs is 5. The standard InChI is InChI=1S/C49H52ClNO15/c1-26-32(63-45(59)39(64-35(55)24-50)37(29-16-10-7-11-17-29)51-43(57)30-18-12-8-13-19-30)23-49(60)42(65-44(58)31-20-14-9-15-21-31)40-47(6,33(54)22-34-48(40,25-61-34)66-28(3)53)41(56)38(62-27(2)52)36(26)46(49,4)5/h7-21,32-34,37-40,42,54,60H,22-25H2,1-6H3,(H,51,57)/t32-,33-,34+,37-,38+,39+,40-,42-,47+,48-,49+/m0/s1. The molecule has 1 aliphatic heterocycles. The maximum absolute atomic E-state index is 15.6. The Kier molecular flexibility index (Phi) is 13.4. The van der Waals surface area contributed by atoms with Gasteiger partial charge in [-0.3, -0.25) is 24.0 Å². The zero-order valence-corrected chi connectivity index (χ0v) is 37.9. The normalized spacial score (nSPS) is 30.5. The van der Waals surface area contributed by atoms with Gasteiger partial charge in [-0.15, -0.1) is 11.6 Å². The van der Waals surface area contributed by atoms with Crippen LogP contribution >= 0.6 is 11.6 Å². The van der Waals surface area contributed by atoms with Crippen molar-refractivity contribution < 1.29 is 72.2 Å². The lowest BCUT2D eigenvalue weighted by Crippen LogP contribution is -2.82. The van der Waals surface area contributed by atoms with Crippen LogP contribution in [0.1, 0.15) is 86.7 Å². The van der Waals surface area contributed by atoms with Crippen LogP contribution in [0.25, 0.3) is 0 Å². The summed E-state index contributed by atoms with van der Waals surface area (Å²) in [6, 6.07) is 22.6. The van der Waals surface area contributed by atoms with Gasteiger partial charge in [-0.05, 0) is 54.8 Å². The van der Waals surface area contributed by atoms with Gasteiger partial charge in [-0.25, -0.2) is 9.59 Å². The molecule has 3 fully saturated rings. The Bertz CT molecular complexity index is 2430. The maximum atomic E-state index is 15.6. The maximum Gasteiger partial charge on any atom is 0.350 e. The van der Waals surface area contributed by atoms with Crippen molar-refractivity contribution >= 4 is 53.1 Å². The molecule has 350 valence electrons. The lowest BCUT2D eigenvalue weighted by atomic mass is 9.44. The Hall–Kier alpha value is -5.94. The van der Waals surface area contributed by atoms with Crippen molar-refractivity contribution in [3.05, 3.63) is 119 Å². The first-order valence-corrected chi connectivity index (χ1v) is 22.0. The summed E-state index contributed by atoms with van der Waals surface area (Å²) >= 11 is 5.91. The highest BCUT2D eigenvalue weighted by molar-refractivity contribution is 6.26. The van der Waals surface area contributed by atoms with Gasteiger partial charge < -0.3 is 44.0 Å². The number of rotatable bonds is 12. The van der Waals surface area contributed by atoms with Crippen molar-refractivity contribution in [1.82, 2.24) is 5.32 Å². The highest BCUT2D eigenvalue weighted by Gasteiger charge is 2.78. The summed E-state index contributed by atoms with van der Waals surface area (Å²) in [5.41, 5.74) is -7.38. The van der Waals surface area contributed by atoms with Crippen LogP contribution in [-0.4, -0.2) is 112 Å². The number of aliphatic hydroxyl groups excluding tert-OH is 1. The second-order valence-electron chi connectivity index (χ2n) is 18.0. The van der Waals surface area contributed by atoms with Crippen molar-refractivity contribution in [1.29, 1.82) is 0 Å². The minimum atomic E-state index is -2.45. The molecule has 17 heteroatoms. The Balaban J connectivity index is 1.42. The molecule has 11 atom stereocenters. The second-order valence-corrected chi connectivity index (χ2v) is 18.2. The first kappa shape index (κ1) is 48.0. The average Bonchev–Trinajstić information content (AvgIpc) is 3.28. The van der Waals surface area contributed by atoms with Gasteiger partial charge in [0.05, 0.1) is 29.6 Å². The van der Waals surface area contributed by atoms with E-state index in [0.29, 0.717) is 5.56 Å². The predicted molar refractivity (Wildman–Crippen MR) is 232 cm³/mol. The summed E-state index contributed by atoms with van der Waals surface area (Å²) < 4.78 is 36.2. The number of ketones is 1. The monoisotopic (exact) mass is 929 g/mol. The molecule has 3 aromatic rings. The third-order valence-electron chi connectivity index (χ3n) is 13.8. The van der Waals surface area contributed by atoms with Crippen LogP contribution in [0.15, 0.2) is 102 Å². The van der Waals surface area contributed by atoms with Gasteiger partial charge in [-0.1, -0.05) is 80.6 Å². The summed E-state index contributed by atoms with van der Waals surface area (Å²) in [4.78, 5) is 97.8. The number of benzene rings is 3. The molecule has 0 spiro atoms. The van der Waals surface area contributed by atoms with Crippen molar-refractivity contribution in [3.8, 4) is 0 Å². The molecule has 1 saturated heterocycles. The Labute approximate surface area is 385 Å². The number of halogens is 1. The van der Waals surface area contributed by atoms with E-state index in [1.54, 1.807) is 92.7 Å². The van der Waals surface area contributed by atoms with Gasteiger partial charge >= 0.3 is 29.8 Å². The molecule has 66 heavy (non-hydrogen) atoms. The van der Waals surface area contributed by atoms with Gasteiger partial charge in [0, 0.05) is 37.7 Å². The fraction of sp³-hybridized carbons (Fsp3) is 0.449. The van der Waals surface area contributed by atoms with Crippen LogP contribution in [-0.2, 0) is 52.4 Å². The first-order valence-electron chi connectivity index (χ1n) is 21.5. The molecule has 3 aromatic carbocycles. The van der Waals surface area contributed by atoms with Gasteiger partial charge in [0.1, 0.15) is 35.8 Å². The molecule has 1 heterocycles. The van der Waals surface area contributed by atoms with E-state index < -0.39 is 124 Å². The SMILES string of the molecule is CC(=O)O[C@H]1C(=O)[C@@]2(C)[C@H]([C@H](OC(=O)c3ccccc3)[C@]3(O)C[C@H](OC(=O)[C@H](OC(=O)CCl)[C@@H](NC(=O)c4ccccc4)c4ccccc4)C(C)=C1C3(C)C)[C@]1(OC(C)=O)CO[C@@H]1C[C@@H]2O. The van der Waals surface area contributed by atoms with Crippen LogP contribution in [0.3, 0.4) is 0 Å². The van der Waals surface area contributed by atoms with E-state index in [0.717, 1.165) is 13.8 Å². The molecule has 0 radical (unpaired) electrons. The van der Waals surface area contributed by atoms with E-state index in [1.165, 1.54) is 26.0 Å². The van der Waals surface area contributed by atoms with Crippen LogP contribution in [0, 0.1) is 16.7 Å². The molecule has 0 unspecified atom stereocenters. The topological polar surface area (TPSA) is 227 Å². The Morgan fingerprint density at radius 2 is 1.44 bits per heavy atom. The molecule has 2 bridgehead atoms. The van der Waals surface area contributed by atoms with Crippen LogP contribution < -0.4 is 5.32 Å². The molecule has 2 saturated carbocycles. The van der Waals surface area contributed by atoms with Crippen molar-refractivity contribution in [2.75, 3.05) is 12.5 Å². The highest BCUT2D eigenvalue weighted by atomic mass is 35.5. The van der Waals surface area contributed by atoms with E-state index >= 15 is 4.79 Å². The number of nitrogens with one attached hydrogen (secondary N) is 1. The molecule has 1 amide bonds. The summed E-state index contributed by atoms with van der Waals surface area (Å²) in [6.07, 6.45) is -10.7. The summed E-state index contributed by atoms with van der Waals surface area (Å²) in [5.74, 6) is -8.76. The lowest BCUT2D eigenvalue weighted by Gasteiger charge is -2.67. The van der Waals surface area contributed by atoms with Crippen LogP contribution in [0.2, 0.25) is 0 Å². The molecule has 3 N–H and O–H groups in total. The van der Waals surface area contributed by atoms with Crippen LogP contribution in [0.4, 0.5) is 0 Å². The molecule has 7 rings (SSSR count). The third kappa shape index (κ3) is 8.28. The summed E-state index contributed by atoms with van der Waals surface area (Å²) in [7, 11) is 0. The van der Waals surface area contributed by atoms with E-state index in [9.17, 15) is 39.0 Å². The zero-order valence-electron chi connectivity index (χ0n) is 37.2. The number of ether oxygens (including phenoxy) is 6. The average molecular weight is 930 g/mol. The third-order valence-corrected chi connectivity index (χ3v) is 14.0. The number of alkyl halides is 1. The molecule has 16 nitrogen and oxygen atoms in total. The summed E-state index contributed by atoms with van der Waals surface area (Å²) in [6.45, 7) is 7.85. The number of esters is 5. The molecule has 4 aliphatic rings. The summed E-state index contributed by atoms with van der Waals surface area (Å²) in [5, 5.41) is 28.7. The zero-order chi connectivity index (χ0) is 47.9. The second kappa shape index (κ2) is 18.4. The molecular formula is C49H52ClNO15. The predicted octanol–water partition coefficient (Wildman–Crippen LogP) is 4.53. The first-order chi connectivity index (χ1) is 31.2. The highest BCUT2D eigenvalue weighted by Crippen LogP contribution is 2.64. The molecule has 3 aliphatic carbocycles. The van der Waals surface area contributed by atoms with Crippen molar-refractivity contribution in [2.45, 2.75) is 108 Å². The quantitative estimate of drug-likeness (QED) is 0.0982. The Morgan fingerprint density at radius 1 is 0.848 bits per heavy atom. The van der Waals surface area contributed by atoms with Gasteiger partial charge in [0.2, 0.25) is 6.10 Å². The van der Waals surface area contributed by atoms with Crippen molar-refractivity contribution in [2.24, 2.45) is 16.7 Å². The largest absolute Gasteiger partial charge is 0.455 e. The van der Waals surface area contributed by atoms with Gasteiger partial charge in [0.25, 0.3) is 5.91 Å². The fourth-order valence-electron chi connectivity index (χ4n) is 10.5. The van der Waals surface area contributed by atoms with Crippen molar-refractivity contribution in [3.63, 3.8) is 0 Å². The Morgan fingerprint density at radius 3 is 1.98 bits per heavy atom. The smallest absolute Gasteiger partial charge is 0.350 e. The number of Topliss-reactive ketones (excluding diaryl/α,β-unsaturated/α-hetero) is 1. The molecular weight excluding hydrogens is 878 g/mol. The number of hydrogen-bond donors (Lipinski definition) is 3. The number of hydrogen-bond acceptors (Lipinski definition) is 15. The van der Waals surface area contributed by atoms with E-state index in [2.05, 4.69) is 5.32 Å². The van der Waals surface area contributed by atoms with Gasteiger partial charge in [-0.2, -0.15) is 0 Å². The number of carbonyl (C=O) groups excluding carboxylic acids is 7. The molecule has 0 aromatic heterocycles. The minimum absolute atomic E-state index is 0.0401. The number of aliphatic hydroxyl groups is 2. The lowest BCUT2D eigenvalue weighted by molar-refractivity contribution is -0.346. The van der Waals surface area contributed by atoms with E-state index in [-0.39, 0.29) is 35.3 Å².